The van der Waals surface area contributed by atoms with Crippen LogP contribution < -0.4 is 15.8 Å². The van der Waals surface area contributed by atoms with E-state index in [9.17, 15) is 4.79 Å². The second kappa shape index (κ2) is 9.40. The van der Waals surface area contributed by atoms with Crippen LogP contribution in [0, 0.1) is 11.8 Å². The van der Waals surface area contributed by atoms with Gasteiger partial charge in [0.05, 0.1) is 11.6 Å². The van der Waals surface area contributed by atoms with Crippen molar-refractivity contribution in [3.63, 3.8) is 0 Å². The third-order valence-corrected chi connectivity index (χ3v) is 7.12. The summed E-state index contributed by atoms with van der Waals surface area (Å²) in [7, 11) is 0. The Labute approximate surface area is 205 Å². The number of fused-ring (bicyclic) bond motifs is 1. The molecule has 0 saturated heterocycles. The molecule has 3 unspecified atom stereocenters. The van der Waals surface area contributed by atoms with Gasteiger partial charge in [-0.3, -0.25) is 9.79 Å². The Hall–Kier alpha value is -2.50. The standard InChI is InChI=1S/C26H29Cl2N3O2/c1-15(29)17-6-4-5-16(11-17)14-30-22-13-23(20-9-8-19(20)22)31-25(32)26(2,3)33-24-10-7-18(27)12-21(24)28/h4-7,10-12,19-20,23H,1,8-9,13-14,29H2,2-3H3,(H,31,32). The molecule has 1 amide bonds. The first kappa shape index (κ1) is 23.7. The van der Waals surface area contributed by atoms with E-state index in [2.05, 4.69) is 11.9 Å². The van der Waals surface area contributed by atoms with E-state index in [0.717, 1.165) is 30.4 Å². The molecule has 33 heavy (non-hydrogen) atoms. The minimum atomic E-state index is -1.08. The highest BCUT2D eigenvalue weighted by Gasteiger charge is 2.48. The molecule has 0 aliphatic heterocycles. The quantitative estimate of drug-likeness (QED) is 0.532. The number of nitrogens with two attached hydrogens (primary N) is 1. The SMILES string of the molecule is C=C(N)c1cccc(CN=C2CC(NC(=O)C(C)(C)Oc3ccc(Cl)cc3Cl)C3CCC23)c1. The number of halogens is 2. The summed E-state index contributed by atoms with van der Waals surface area (Å²) in [6.07, 6.45) is 2.99. The number of aliphatic imine (C=N–C) groups is 1. The first-order chi connectivity index (χ1) is 15.6. The summed E-state index contributed by atoms with van der Waals surface area (Å²) < 4.78 is 5.95. The van der Waals surface area contributed by atoms with Crippen LogP contribution in [0.2, 0.25) is 10.0 Å². The zero-order chi connectivity index (χ0) is 23.8. The van der Waals surface area contributed by atoms with Crippen molar-refractivity contribution in [3.05, 3.63) is 70.2 Å². The van der Waals surface area contributed by atoms with Crippen molar-refractivity contribution in [2.24, 2.45) is 22.6 Å². The molecule has 7 heteroatoms. The predicted molar refractivity (Wildman–Crippen MR) is 135 cm³/mol. The molecule has 2 aliphatic carbocycles. The van der Waals surface area contributed by atoms with Gasteiger partial charge in [0.2, 0.25) is 0 Å². The molecule has 2 aromatic rings. The van der Waals surface area contributed by atoms with Gasteiger partial charge in [0.15, 0.2) is 5.60 Å². The summed E-state index contributed by atoms with van der Waals surface area (Å²) in [6, 6.07) is 13.0. The van der Waals surface area contributed by atoms with Gasteiger partial charge in [-0.1, -0.05) is 48.0 Å². The summed E-state index contributed by atoms with van der Waals surface area (Å²) in [5, 5.41) is 4.10. The van der Waals surface area contributed by atoms with Gasteiger partial charge in [0.25, 0.3) is 5.91 Å². The molecule has 5 nitrogen and oxygen atoms in total. The Morgan fingerprint density at radius 3 is 2.70 bits per heavy atom. The smallest absolute Gasteiger partial charge is 0.263 e. The first-order valence-electron chi connectivity index (χ1n) is 11.2. The number of carbonyl (C=O) groups excluding carboxylic acids is 1. The van der Waals surface area contributed by atoms with E-state index in [1.165, 1.54) is 5.71 Å². The van der Waals surface area contributed by atoms with Crippen molar-refractivity contribution in [3.8, 4) is 5.75 Å². The van der Waals surface area contributed by atoms with Crippen LogP contribution in [0.3, 0.4) is 0 Å². The summed E-state index contributed by atoms with van der Waals surface area (Å²) in [5.74, 6) is 1.13. The predicted octanol–water partition coefficient (Wildman–Crippen LogP) is 5.64. The van der Waals surface area contributed by atoms with E-state index >= 15 is 0 Å². The Balaban J connectivity index is 1.40. The number of carbonyl (C=O) groups is 1. The lowest BCUT2D eigenvalue weighted by Gasteiger charge is -2.35. The third kappa shape index (κ3) is 5.20. The molecular weight excluding hydrogens is 457 g/mol. The molecule has 0 bridgehead atoms. The van der Waals surface area contributed by atoms with E-state index in [0.29, 0.717) is 39.9 Å². The van der Waals surface area contributed by atoms with Crippen LogP contribution in [-0.4, -0.2) is 23.3 Å². The van der Waals surface area contributed by atoms with E-state index in [1.807, 2.05) is 24.3 Å². The fourth-order valence-corrected chi connectivity index (χ4v) is 5.02. The van der Waals surface area contributed by atoms with Crippen LogP contribution >= 0.6 is 23.2 Å². The molecule has 4 rings (SSSR count). The maximum absolute atomic E-state index is 13.1. The minimum absolute atomic E-state index is 0.0636. The minimum Gasteiger partial charge on any atom is -0.476 e. The number of nitrogens with zero attached hydrogens (tertiary/aromatic N) is 1. The fraction of sp³-hybridized carbons (Fsp3) is 0.385. The van der Waals surface area contributed by atoms with Crippen molar-refractivity contribution in [2.75, 3.05) is 0 Å². The maximum atomic E-state index is 13.1. The average molecular weight is 486 g/mol. The first-order valence-corrected chi connectivity index (χ1v) is 11.9. The molecule has 2 aromatic carbocycles. The second-order valence-corrected chi connectivity index (χ2v) is 10.2. The maximum Gasteiger partial charge on any atom is 0.263 e. The van der Waals surface area contributed by atoms with Crippen LogP contribution in [0.25, 0.3) is 5.70 Å². The number of ether oxygens (including phenoxy) is 1. The van der Waals surface area contributed by atoms with E-state index in [-0.39, 0.29) is 11.9 Å². The number of hydrogen-bond donors (Lipinski definition) is 2. The molecule has 2 fully saturated rings. The lowest BCUT2D eigenvalue weighted by molar-refractivity contribution is -0.135. The molecule has 3 atom stereocenters. The zero-order valence-corrected chi connectivity index (χ0v) is 20.4. The topological polar surface area (TPSA) is 76.7 Å². The van der Waals surface area contributed by atoms with Gasteiger partial charge in [-0.2, -0.15) is 0 Å². The van der Waals surface area contributed by atoms with Crippen molar-refractivity contribution >= 4 is 40.5 Å². The lowest BCUT2D eigenvalue weighted by Crippen LogP contribution is -2.52. The van der Waals surface area contributed by atoms with Crippen LogP contribution in [0.4, 0.5) is 0 Å². The van der Waals surface area contributed by atoms with E-state index < -0.39 is 5.60 Å². The lowest BCUT2D eigenvalue weighted by atomic mass is 9.74. The van der Waals surface area contributed by atoms with Crippen molar-refractivity contribution in [1.82, 2.24) is 5.32 Å². The molecule has 0 spiro atoms. The van der Waals surface area contributed by atoms with Gasteiger partial charge in [0.1, 0.15) is 5.75 Å². The molecule has 3 N–H and O–H groups in total. The van der Waals surface area contributed by atoms with E-state index in [1.54, 1.807) is 32.0 Å². The number of amides is 1. The van der Waals surface area contributed by atoms with Crippen LogP contribution in [0.15, 0.2) is 54.0 Å². The monoisotopic (exact) mass is 485 g/mol. The van der Waals surface area contributed by atoms with Gasteiger partial charge in [-0.25, -0.2) is 0 Å². The normalized spacial score (nSPS) is 23.0. The summed E-state index contributed by atoms with van der Waals surface area (Å²) in [5.41, 5.74) is 8.50. The molecule has 2 aliphatic rings. The summed E-state index contributed by atoms with van der Waals surface area (Å²) in [6.45, 7) is 7.89. The average Bonchev–Trinajstić information content (AvgIpc) is 2.96. The van der Waals surface area contributed by atoms with Gasteiger partial charge >= 0.3 is 0 Å². The molecule has 2 saturated carbocycles. The van der Waals surface area contributed by atoms with Crippen LogP contribution in [-0.2, 0) is 11.3 Å². The van der Waals surface area contributed by atoms with Crippen LogP contribution in [0.5, 0.6) is 5.75 Å². The molecule has 0 heterocycles. The number of hydrogen-bond acceptors (Lipinski definition) is 4. The van der Waals surface area contributed by atoms with Gasteiger partial charge in [-0.05, 0) is 68.0 Å². The molecule has 0 aromatic heterocycles. The van der Waals surface area contributed by atoms with Crippen molar-refractivity contribution in [2.45, 2.75) is 51.3 Å². The highest BCUT2D eigenvalue weighted by Crippen LogP contribution is 2.45. The molecular formula is C26H29Cl2N3O2. The Kier molecular flexibility index (Phi) is 6.73. The second-order valence-electron chi connectivity index (χ2n) is 9.35. The molecule has 0 radical (unpaired) electrons. The largest absolute Gasteiger partial charge is 0.476 e. The molecule has 174 valence electrons. The highest BCUT2D eigenvalue weighted by molar-refractivity contribution is 6.35. The number of nitrogens with one attached hydrogen (secondary N) is 1. The van der Waals surface area contributed by atoms with E-state index in [4.69, 9.17) is 38.7 Å². The van der Waals surface area contributed by atoms with Gasteiger partial charge < -0.3 is 15.8 Å². The zero-order valence-electron chi connectivity index (χ0n) is 18.9. The number of rotatable bonds is 7. The Morgan fingerprint density at radius 2 is 2.03 bits per heavy atom. The van der Waals surface area contributed by atoms with Crippen molar-refractivity contribution < 1.29 is 9.53 Å². The third-order valence-electron chi connectivity index (χ3n) is 6.59. The summed E-state index contributed by atoms with van der Waals surface area (Å²) in [4.78, 5) is 18.0. The van der Waals surface area contributed by atoms with Gasteiger partial charge in [0, 0.05) is 34.8 Å². The highest BCUT2D eigenvalue weighted by atomic mass is 35.5. The fourth-order valence-electron chi connectivity index (χ4n) is 4.57. The van der Waals surface area contributed by atoms with Crippen LogP contribution in [0.1, 0.15) is 44.2 Å². The van der Waals surface area contributed by atoms with Crippen molar-refractivity contribution in [1.29, 1.82) is 0 Å². The Morgan fingerprint density at radius 1 is 1.24 bits per heavy atom. The Bertz CT molecular complexity index is 1110. The number of benzene rings is 2. The van der Waals surface area contributed by atoms with Gasteiger partial charge in [-0.15, -0.1) is 0 Å². The summed E-state index contributed by atoms with van der Waals surface area (Å²) >= 11 is 12.2.